The molecule has 1 aromatic carbocycles. The van der Waals surface area contributed by atoms with Gasteiger partial charge in [-0.3, -0.25) is 5.10 Å². The van der Waals surface area contributed by atoms with Crippen LogP contribution in [0.25, 0.3) is 11.3 Å². The number of aromatic nitrogens is 2. The Balaban J connectivity index is 0.000000771. The van der Waals surface area contributed by atoms with E-state index in [9.17, 15) is 13.2 Å². The Morgan fingerprint density at radius 3 is 2.28 bits per heavy atom. The quantitative estimate of drug-likeness (QED) is 0.818. The van der Waals surface area contributed by atoms with Crippen molar-refractivity contribution in [3.8, 4) is 11.3 Å². The lowest BCUT2D eigenvalue weighted by atomic mass is 10.0. The minimum atomic E-state index is -4.39. The molecule has 0 aliphatic carbocycles. The number of nitrogens with two attached hydrogens (primary N) is 1. The summed E-state index contributed by atoms with van der Waals surface area (Å²) in [4.78, 5) is 0. The van der Waals surface area contributed by atoms with Crippen molar-refractivity contribution in [2.45, 2.75) is 20.0 Å². The maximum Gasteiger partial charge on any atom is 0.417 e. The van der Waals surface area contributed by atoms with Gasteiger partial charge in [0.1, 0.15) is 5.82 Å². The molecule has 18 heavy (non-hydrogen) atoms. The third-order valence-corrected chi connectivity index (χ3v) is 2.12. The predicted molar refractivity (Wildman–Crippen MR) is 64.8 cm³/mol. The highest BCUT2D eigenvalue weighted by Crippen LogP contribution is 2.36. The molecule has 6 heteroatoms. The van der Waals surface area contributed by atoms with Crippen LogP contribution in [-0.2, 0) is 6.18 Å². The summed E-state index contributed by atoms with van der Waals surface area (Å²) in [7, 11) is 0. The van der Waals surface area contributed by atoms with Gasteiger partial charge in [0.15, 0.2) is 0 Å². The average Bonchev–Trinajstić information content (AvgIpc) is 2.77. The zero-order valence-electron chi connectivity index (χ0n) is 10.0. The van der Waals surface area contributed by atoms with Gasteiger partial charge in [-0.05, 0) is 6.07 Å². The van der Waals surface area contributed by atoms with Crippen LogP contribution in [0.1, 0.15) is 19.4 Å². The molecule has 3 nitrogen and oxygen atoms in total. The van der Waals surface area contributed by atoms with Gasteiger partial charge in [0.25, 0.3) is 0 Å². The van der Waals surface area contributed by atoms with Gasteiger partial charge in [0, 0.05) is 11.6 Å². The molecule has 0 spiro atoms. The van der Waals surface area contributed by atoms with E-state index in [4.69, 9.17) is 5.73 Å². The Hall–Kier alpha value is -1.98. The summed E-state index contributed by atoms with van der Waals surface area (Å²) in [6.07, 6.45) is -4.39. The van der Waals surface area contributed by atoms with Gasteiger partial charge in [-0.25, -0.2) is 0 Å². The largest absolute Gasteiger partial charge is 0.417 e. The molecule has 1 aromatic heterocycles. The SMILES string of the molecule is CC.Nc1cc(-c2ccccc2C(F)(F)F)[nH]n1. The number of H-pyrrole nitrogens is 1. The molecule has 0 bridgehead atoms. The second-order valence-electron chi connectivity index (χ2n) is 3.25. The van der Waals surface area contributed by atoms with Crippen LogP contribution in [0.15, 0.2) is 30.3 Å². The summed E-state index contributed by atoms with van der Waals surface area (Å²) < 4.78 is 38.0. The molecule has 0 saturated carbocycles. The lowest BCUT2D eigenvalue weighted by Crippen LogP contribution is -2.06. The van der Waals surface area contributed by atoms with E-state index < -0.39 is 11.7 Å². The fourth-order valence-electron chi connectivity index (χ4n) is 1.44. The Kier molecular flexibility index (Phi) is 4.36. The summed E-state index contributed by atoms with van der Waals surface area (Å²) in [5.41, 5.74) is 4.94. The molecule has 1 heterocycles. The van der Waals surface area contributed by atoms with Gasteiger partial charge in [-0.1, -0.05) is 32.0 Å². The highest BCUT2D eigenvalue weighted by Gasteiger charge is 2.33. The first-order valence-corrected chi connectivity index (χ1v) is 5.46. The maximum absolute atomic E-state index is 12.7. The van der Waals surface area contributed by atoms with E-state index in [0.717, 1.165) is 6.07 Å². The number of hydrogen-bond donors (Lipinski definition) is 2. The number of nitrogens with zero attached hydrogens (tertiary/aromatic N) is 1. The summed E-state index contributed by atoms with van der Waals surface area (Å²) >= 11 is 0. The van der Waals surface area contributed by atoms with Gasteiger partial charge in [-0.2, -0.15) is 18.3 Å². The molecule has 2 rings (SSSR count). The van der Waals surface area contributed by atoms with E-state index in [0.29, 0.717) is 0 Å². The van der Waals surface area contributed by atoms with E-state index >= 15 is 0 Å². The van der Waals surface area contributed by atoms with Crippen molar-refractivity contribution in [3.63, 3.8) is 0 Å². The second-order valence-corrected chi connectivity index (χ2v) is 3.25. The van der Waals surface area contributed by atoms with Crippen molar-refractivity contribution in [1.82, 2.24) is 10.2 Å². The lowest BCUT2D eigenvalue weighted by molar-refractivity contribution is -0.137. The number of benzene rings is 1. The molecule has 2 aromatic rings. The fraction of sp³-hybridized carbons (Fsp3) is 0.250. The summed E-state index contributed by atoms with van der Waals surface area (Å²) in [6.45, 7) is 4.00. The van der Waals surface area contributed by atoms with Crippen LogP contribution in [0, 0.1) is 0 Å². The normalized spacial score (nSPS) is 10.7. The van der Waals surface area contributed by atoms with Crippen molar-refractivity contribution >= 4 is 5.82 Å². The van der Waals surface area contributed by atoms with E-state index in [2.05, 4.69) is 10.2 Å². The highest BCUT2D eigenvalue weighted by atomic mass is 19.4. The Bertz CT molecular complexity index is 503. The van der Waals surface area contributed by atoms with Crippen LogP contribution >= 0.6 is 0 Å². The zero-order valence-corrected chi connectivity index (χ0v) is 10.0. The van der Waals surface area contributed by atoms with Crippen LogP contribution in [0.3, 0.4) is 0 Å². The number of halogens is 3. The van der Waals surface area contributed by atoms with E-state index in [1.54, 1.807) is 0 Å². The Labute approximate surface area is 103 Å². The van der Waals surface area contributed by atoms with Gasteiger partial charge in [-0.15, -0.1) is 0 Å². The summed E-state index contributed by atoms with van der Waals surface area (Å²) in [5, 5.41) is 6.06. The van der Waals surface area contributed by atoms with E-state index in [-0.39, 0.29) is 17.1 Å². The molecule has 3 N–H and O–H groups in total. The smallest absolute Gasteiger partial charge is 0.382 e. The number of rotatable bonds is 1. The van der Waals surface area contributed by atoms with Crippen molar-refractivity contribution < 1.29 is 13.2 Å². The molecule has 0 fully saturated rings. The third-order valence-electron chi connectivity index (χ3n) is 2.12. The Morgan fingerprint density at radius 2 is 1.78 bits per heavy atom. The fourth-order valence-corrected chi connectivity index (χ4v) is 1.44. The number of alkyl halides is 3. The first kappa shape index (κ1) is 14.1. The first-order chi connectivity index (χ1) is 8.48. The molecule has 98 valence electrons. The molecule has 0 aliphatic heterocycles. The Morgan fingerprint density at radius 1 is 1.17 bits per heavy atom. The van der Waals surface area contributed by atoms with Crippen LogP contribution < -0.4 is 5.73 Å². The van der Waals surface area contributed by atoms with Gasteiger partial charge in [0.2, 0.25) is 0 Å². The summed E-state index contributed by atoms with van der Waals surface area (Å²) in [6, 6.07) is 6.63. The topological polar surface area (TPSA) is 54.7 Å². The van der Waals surface area contributed by atoms with Crippen molar-refractivity contribution in [2.75, 3.05) is 5.73 Å². The van der Waals surface area contributed by atoms with Crippen LogP contribution in [-0.4, -0.2) is 10.2 Å². The predicted octanol–water partition coefficient (Wildman–Crippen LogP) is 3.70. The first-order valence-electron chi connectivity index (χ1n) is 5.46. The number of hydrogen-bond acceptors (Lipinski definition) is 2. The number of nitrogens with one attached hydrogen (secondary N) is 1. The lowest BCUT2D eigenvalue weighted by Gasteiger charge is -2.10. The molecule has 0 radical (unpaired) electrons. The van der Waals surface area contributed by atoms with Crippen LogP contribution in [0.5, 0.6) is 0 Å². The van der Waals surface area contributed by atoms with Crippen LogP contribution in [0.2, 0.25) is 0 Å². The third kappa shape index (κ3) is 3.03. The minimum absolute atomic E-state index is 0.0409. The molecular weight excluding hydrogens is 243 g/mol. The molecule has 0 saturated heterocycles. The average molecular weight is 257 g/mol. The molecule has 0 amide bonds. The van der Waals surface area contributed by atoms with Gasteiger partial charge in [0.05, 0.1) is 11.3 Å². The highest BCUT2D eigenvalue weighted by molar-refractivity contribution is 5.66. The molecular formula is C12H14F3N3. The standard InChI is InChI=1S/C10H8F3N3.C2H6/c11-10(12,13)7-4-2-1-3-6(7)8-5-9(14)16-15-8;1-2/h1-5H,(H3,14,15,16);1-2H3. The minimum Gasteiger partial charge on any atom is -0.382 e. The zero-order chi connectivity index (χ0) is 13.8. The van der Waals surface area contributed by atoms with Crippen LogP contribution in [0.4, 0.5) is 19.0 Å². The number of nitrogen functional groups attached to an aromatic ring is 1. The number of aromatic amines is 1. The molecule has 0 unspecified atom stereocenters. The van der Waals surface area contributed by atoms with Crippen molar-refractivity contribution in [1.29, 1.82) is 0 Å². The van der Waals surface area contributed by atoms with Gasteiger partial charge >= 0.3 is 6.18 Å². The summed E-state index contributed by atoms with van der Waals surface area (Å²) in [5.74, 6) is 0.159. The van der Waals surface area contributed by atoms with Crippen molar-refractivity contribution in [2.24, 2.45) is 0 Å². The number of anilines is 1. The molecule has 0 atom stereocenters. The maximum atomic E-state index is 12.7. The van der Waals surface area contributed by atoms with E-state index in [1.165, 1.54) is 24.3 Å². The van der Waals surface area contributed by atoms with Crippen molar-refractivity contribution in [3.05, 3.63) is 35.9 Å². The van der Waals surface area contributed by atoms with Gasteiger partial charge < -0.3 is 5.73 Å². The van der Waals surface area contributed by atoms with E-state index in [1.807, 2.05) is 13.8 Å². The monoisotopic (exact) mass is 257 g/mol. The second kappa shape index (κ2) is 5.57. The molecule has 0 aliphatic rings.